The van der Waals surface area contributed by atoms with E-state index < -0.39 is 29.8 Å². The molecule has 13 heteroatoms. The van der Waals surface area contributed by atoms with Crippen molar-refractivity contribution in [3.8, 4) is 17.4 Å². The van der Waals surface area contributed by atoms with E-state index in [4.69, 9.17) is 19.6 Å². The fourth-order valence-corrected chi connectivity index (χ4v) is 6.32. The summed E-state index contributed by atoms with van der Waals surface area (Å²) in [5, 5.41) is 38.4. The van der Waals surface area contributed by atoms with Gasteiger partial charge in [0, 0.05) is 39.9 Å². The molecule has 0 bridgehead atoms. The topological polar surface area (TPSA) is 205 Å². The second-order valence-electron chi connectivity index (χ2n) is 12.8. The highest BCUT2D eigenvalue weighted by Crippen LogP contribution is 2.40. The Morgan fingerprint density at radius 1 is 1.02 bits per heavy atom. The summed E-state index contributed by atoms with van der Waals surface area (Å²) in [7, 11) is 0. The molecule has 3 heterocycles. The molecular formula is C37H41N5O8. The molecule has 50 heavy (non-hydrogen) atoms. The van der Waals surface area contributed by atoms with Crippen LogP contribution in [0.2, 0.25) is 0 Å². The average molecular weight is 684 g/mol. The van der Waals surface area contributed by atoms with Crippen LogP contribution in [0, 0.1) is 0 Å². The number of fused-ring (bicyclic) bond motifs is 1. The first kappa shape index (κ1) is 34.5. The molecule has 8 N–H and O–H groups in total. The van der Waals surface area contributed by atoms with Gasteiger partial charge in [0.1, 0.15) is 30.2 Å². The van der Waals surface area contributed by atoms with Gasteiger partial charge < -0.3 is 40.3 Å². The number of aliphatic hydroxyl groups excluding tert-OH is 2. The molecule has 3 atom stereocenters. The van der Waals surface area contributed by atoms with Crippen LogP contribution in [-0.2, 0) is 12.0 Å². The van der Waals surface area contributed by atoms with Crippen molar-refractivity contribution in [2.45, 2.75) is 63.5 Å². The molecule has 1 saturated heterocycles. The van der Waals surface area contributed by atoms with Crippen LogP contribution < -0.4 is 31.4 Å². The van der Waals surface area contributed by atoms with Crippen LogP contribution in [0.4, 0.5) is 5.69 Å². The van der Waals surface area contributed by atoms with Crippen LogP contribution in [0.15, 0.2) is 82.2 Å². The number of carbonyl (C=O) groups excluding carboxylic acids is 1. The third-order valence-electron chi connectivity index (χ3n) is 9.16. The number of aromatic nitrogens is 2. The van der Waals surface area contributed by atoms with Gasteiger partial charge in [0.15, 0.2) is 18.2 Å². The van der Waals surface area contributed by atoms with Gasteiger partial charge in [-0.05, 0) is 66.8 Å². The molecule has 1 amide bonds. The molecule has 3 unspecified atom stereocenters. The first-order valence-electron chi connectivity index (χ1n) is 16.5. The van der Waals surface area contributed by atoms with Gasteiger partial charge in [-0.1, -0.05) is 44.2 Å². The molecule has 0 saturated carbocycles. The molecule has 3 aromatic carbocycles. The highest BCUT2D eigenvalue weighted by molar-refractivity contribution is 5.97. The number of hydrogen-bond acceptors (Lipinski definition) is 11. The lowest BCUT2D eigenvalue weighted by atomic mass is 9.78. The number of piperidine rings is 1. The fraction of sp³-hybridized carbons (Fsp3) is 0.324. The first-order chi connectivity index (χ1) is 24.0. The Morgan fingerprint density at radius 2 is 1.70 bits per heavy atom. The predicted molar refractivity (Wildman–Crippen MR) is 186 cm³/mol. The van der Waals surface area contributed by atoms with Gasteiger partial charge in [0.2, 0.25) is 5.89 Å². The van der Waals surface area contributed by atoms with E-state index in [9.17, 15) is 24.9 Å². The normalized spacial score (nSPS) is 17.8. The Morgan fingerprint density at radius 3 is 2.34 bits per heavy atom. The molecule has 6 rings (SSSR count). The number of anilines is 1. The quantitative estimate of drug-likeness (QED) is 0.0876. The number of primary amides is 1. The number of ether oxygens (including phenoxy) is 2. The highest BCUT2D eigenvalue weighted by atomic mass is 16.5. The Hall–Kier alpha value is -5.37. The first-order valence-corrected chi connectivity index (χ1v) is 16.5. The molecule has 0 aliphatic carbocycles. The smallest absolute Gasteiger partial charge is 0.270 e. The second kappa shape index (κ2) is 14.6. The van der Waals surface area contributed by atoms with E-state index in [1.54, 1.807) is 12.1 Å². The summed E-state index contributed by atoms with van der Waals surface area (Å²) < 4.78 is 17.0. The van der Waals surface area contributed by atoms with Gasteiger partial charge in [-0.2, -0.15) is 0 Å². The fourth-order valence-electron chi connectivity index (χ4n) is 6.32. The maximum atomic E-state index is 12.7. The number of aromatic amines is 1. The summed E-state index contributed by atoms with van der Waals surface area (Å²) >= 11 is 0. The van der Waals surface area contributed by atoms with E-state index in [-0.39, 0.29) is 29.5 Å². The molecular weight excluding hydrogens is 642 g/mol. The number of aromatic hydroxyl groups is 1. The Balaban J connectivity index is 1.03. The lowest BCUT2D eigenvalue weighted by molar-refractivity contribution is -0.0103. The van der Waals surface area contributed by atoms with Crippen molar-refractivity contribution in [3.63, 3.8) is 0 Å². The molecule has 5 aromatic rings. The number of H-pyrrole nitrogens is 1. The predicted octanol–water partition coefficient (Wildman–Crippen LogP) is 4.21. The summed E-state index contributed by atoms with van der Waals surface area (Å²) in [6.45, 7) is 5.33. The Bertz CT molecular complexity index is 2010. The Labute approximate surface area is 288 Å². The van der Waals surface area contributed by atoms with E-state index in [1.807, 2.05) is 54.6 Å². The van der Waals surface area contributed by atoms with Crippen LogP contribution >= 0.6 is 0 Å². The molecule has 0 radical (unpaired) electrons. The largest absolute Gasteiger partial charge is 0.494 e. The molecule has 1 aliphatic rings. The van der Waals surface area contributed by atoms with Gasteiger partial charge in [-0.25, -0.2) is 4.98 Å². The summed E-state index contributed by atoms with van der Waals surface area (Å²) in [5.74, 6) is 0.160. The van der Waals surface area contributed by atoms with Crippen molar-refractivity contribution in [3.05, 3.63) is 112 Å². The highest BCUT2D eigenvalue weighted by Gasteiger charge is 2.33. The van der Waals surface area contributed by atoms with Gasteiger partial charge in [-0.15, -0.1) is 0 Å². The van der Waals surface area contributed by atoms with Crippen molar-refractivity contribution >= 4 is 22.4 Å². The van der Waals surface area contributed by atoms with E-state index >= 15 is 0 Å². The maximum Gasteiger partial charge on any atom is 0.270 e. The third-order valence-corrected chi connectivity index (χ3v) is 9.16. The standard InChI is InChI=1S/C37H41N5O8/c1-37(2,22-9-13-24(14-10-22)49-20-30-40-28(19-50-30)33(38)44)21-7-11-23(12-8-21)48-18-4-17-39-27-6-3-5-25-31(27)32(36(47)42-35(25)46)26-15-16-29(43)41-34(26)45/h3,5-14,19,26,29,34,39,41,43,45H,4,15-18,20H2,1-2H3,(H2,38,44)(H2,42,46,47). The van der Waals surface area contributed by atoms with Gasteiger partial charge in [0.05, 0.1) is 6.61 Å². The van der Waals surface area contributed by atoms with Crippen molar-refractivity contribution in [1.29, 1.82) is 0 Å². The number of pyridine rings is 1. The lowest BCUT2D eigenvalue weighted by Crippen LogP contribution is -2.46. The SMILES string of the molecule is CC(C)(c1ccc(OCCCNc2cccc3c(=O)[nH]c(O)c(C4CCC(O)NC4O)c23)cc1)c1ccc(OCc2nc(C(N)=O)co2)cc1. The van der Waals surface area contributed by atoms with Crippen LogP contribution in [0.5, 0.6) is 17.4 Å². The minimum atomic E-state index is -1.09. The number of amides is 1. The number of benzene rings is 3. The minimum Gasteiger partial charge on any atom is -0.494 e. The van der Waals surface area contributed by atoms with Crippen molar-refractivity contribution in [2.75, 3.05) is 18.5 Å². The van der Waals surface area contributed by atoms with Crippen LogP contribution in [0.1, 0.15) is 72.1 Å². The number of nitrogens with zero attached hydrogens (tertiary/aromatic N) is 1. The van der Waals surface area contributed by atoms with Crippen molar-refractivity contribution < 1.29 is 34.0 Å². The van der Waals surface area contributed by atoms with Gasteiger partial charge in [0.25, 0.3) is 11.5 Å². The second-order valence-corrected chi connectivity index (χ2v) is 12.8. The van der Waals surface area contributed by atoms with Gasteiger partial charge >= 0.3 is 0 Å². The van der Waals surface area contributed by atoms with Crippen LogP contribution in [-0.4, -0.2) is 56.8 Å². The number of rotatable bonds is 13. The van der Waals surface area contributed by atoms with E-state index in [2.05, 4.69) is 34.4 Å². The van der Waals surface area contributed by atoms with E-state index in [0.29, 0.717) is 60.2 Å². The maximum absolute atomic E-state index is 12.7. The van der Waals surface area contributed by atoms with E-state index in [1.165, 1.54) is 6.26 Å². The average Bonchev–Trinajstić information content (AvgIpc) is 3.58. The monoisotopic (exact) mass is 683 g/mol. The zero-order valence-corrected chi connectivity index (χ0v) is 27.8. The summed E-state index contributed by atoms with van der Waals surface area (Å²) in [6.07, 6.45) is 0.762. The Kier molecular flexibility index (Phi) is 10.1. The number of carbonyl (C=O) groups is 1. The number of aliphatic hydroxyl groups is 2. The molecule has 13 nitrogen and oxygen atoms in total. The van der Waals surface area contributed by atoms with Gasteiger partial charge in [-0.3, -0.25) is 19.9 Å². The number of nitrogens with one attached hydrogen (secondary N) is 3. The zero-order chi connectivity index (χ0) is 35.4. The van der Waals surface area contributed by atoms with Crippen molar-refractivity contribution in [2.24, 2.45) is 5.73 Å². The number of nitrogens with two attached hydrogens (primary N) is 1. The van der Waals surface area contributed by atoms with Crippen LogP contribution in [0.25, 0.3) is 10.8 Å². The summed E-state index contributed by atoms with van der Waals surface area (Å²) in [6, 6.07) is 21.1. The lowest BCUT2D eigenvalue weighted by Gasteiger charge is -2.33. The van der Waals surface area contributed by atoms with Crippen LogP contribution in [0.3, 0.4) is 0 Å². The summed E-state index contributed by atoms with van der Waals surface area (Å²) in [5.41, 5.74) is 7.84. The van der Waals surface area contributed by atoms with Crippen molar-refractivity contribution in [1.82, 2.24) is 15.3 Å². The zero-order valence-electron chi connectivity index (χ0n) is 27.8. The summed E-state index contributed by atoms with van der Waals surface area (Å²) in [4.78, 5) is 30.4. The minimum absolute atomic E-state index is 0.0566. The third kappa shape index (κ3) is 7.44. The van der Waals surface area contributed by atoms with E-state index in [0.717, 1.165) is 16.9 Å². The molecule has 0 spiro atoms. The molecule has 2 aromatic heterocycles. The molecule has 262 valence electrons. The molecule has 1 aliphatic heterocycles. The number of hydrogen-bond donors (Lipinski definition) is 7. The molecule has 1 fully saturated rings. The number of oxazole rings is 1.